The van der Waals surface area contributed by atoms with Gasteiger partial charge >= 0.3 is 0 Å². The fraction of sp³-hybridized carbons (Fsp3) is 0.444. The Morgan fingerprint density at radius 1 is 1.31 bits per heavy atom. The van der Waals surface area contributed by atoms with E-state index >= 15 is 0 Å². The van der Waals surface area contributed by atoms with E-state index in [4.69, 9.17) is 0 Å². The minimum Gasteiger partial charge on any atom is -0.350 e. The molecule has 2 heterocycles. The molecule has 2 N–H and O–H groups in total. The number of carbonyl (C=O) groups excluding carboxylic acids is 1. The van der Waals surface area contributed by atoms with Crippen LogP contribution in [0.25, 0.3) is 0 Å². The largest absolute Gasteiger partial charge is 0.350 e. The lowest BCUT2D eigenvalue weighted by molar-refractivity contribution is 0.0950. The van der Waals surface area contributed by atoms with Gasteiger partial charge in [-0.25, -0.2) is 0 Å². The molecule has 1 aromatic heterocycles. The zero-order chi connectivity index (χ0) is 17.5. The number of amides is 1. The van der Waals surface area contributed by atoms with Gasteiger partial charge in [0.1, 0.15) is 5.69 Å². The third kappa shape index (κ3) is 5.93. The van der Waals surface area contributed by atoms with Crippen molar-refractivity contribution in [3.05, 3.63) is 53.9 Å². The highest BCUT2D eigenvalue weighted by Crippen LogP contribution is 2.15. The second kappa shape index (κ2) is 10.4. The third-order valence-electron chi connectivity index (χ3n) is 4.27. The van der Waals surface area contributed by atoms with E-state index in [2.05, 4.69) is 15.7 Å². The first-order valence-electron chi connectivity index (χ1n) is 8.65. The van der Waals surface area contributed by atoms with Gasteiger partial charge in [-0.15, -0.1) is 12.4 Å². The summed E-state index contributed by atoms with van der Waals surface area (Å²) in [5, 5.41) is 10.5. The van der Waals surface area contributed by atoms with Crippen molar-refractivity contribution < 1.29 is 9.00 Å². The van der Waals surface area contributed by atoms with E-state index in [1.165, 1.54) is 0 Å². The summed E-state index contributed by atoms with van der Waals surface area (Å²) in [6.45, 7) is 2.32. The molecule has 0 saturated carbocycles. The molecule has 1 aliphatic heterocycles. The molecule has 0 spiro atoms. The van der Waals surface area contributed by atoms with Crippen molar-refractivity contribution in [2.24, 2.45) is 0 Å². The van der Waals surface area contributed by atoms with Gasteiger partial charge in [-0.2, -0.15) is 5.10 Å². The molecule has 0 bridgehead atoms. The molecule has 2 unspecified atom stereocenters. The molecule has 2 atom stereocenters. The number of nitrogens with zero attached hydrogens (tertiary/aromatic N) is 2. The minimum absolute atomic E-state index is 0. The van der Waals surface area contributed by atoms with Crippen LogP contribution in [-0.2, 0) is 16.6 Å². The summed E-state index contributed by atoms with van der Waals surface area (Å²) in [5.41, 5.74) is 1.46. The Morgan fingerprint density at radius 3 is 2.85 bits per heavy atom. The summed E-state index contributed by atoms with van der Waals surface area (Å²) < 4.78 is 13.9. The van der Waals surface area contributed by atoms with E-state index in [1.54, 1.807) is 6.07 Å². The predicted octanol–water partition coefficient (Wildman–Crippen LogP) is 1.91. The highest BCUT2D eigenvalue weighted by atomic mass is 35.5. The fourth-order valence-electron chi connectivity index (χ4n) is 2.92. The van der Waals surface area contributed by atoms with Crippen LogP contribution in [0.5, 0.6) is 0 Å². The van der Waals surface area contributed by atoms with Crippen LogP contribution in [0.2, 0.25) is 0 Å². The molecule has 6 nitrogen and oxygen atoms in total. The van der Waals surface area contributed by atoms with Crippen LogP contribution in [0.4, 0.5) is 0 Å². The van der Waals surface area contributed by atoms with Crippen molar-refractivity contribution in [2.45, 2.75) is 24.6 Å². The molecular weight excluding hydrogens is 372 g/mol. The predicted molar refractivity (Wildman–Crippen MR) is 106 cm³/mol. The molecule has 1 aromatic carbocycles. The Labute approximate surface area is 162 Å². The molecule has 1 amide bonds. The number of rotatable bonds is 7. The van der Waals surface area contributed by atoms with Crippen molar-refractivity contribution >= 4 is 29.1 Å². The second-order valence-electron chi connectivity index (χ2n) is 6.21. The van der Waals surface area contributed by atoms with Crippen molar-refractivity contribution in [1.29, 1.82) is 0 Å². The molecule has 8 heteroatoms. The van der Waals surface area contributed by atoms with Gasteiger partial charge in [0, 0.05) is 41.6 Å². The number of hydrogen-bond acceptors (Lipinski definition) is 4. The number of benzene rings is 1. The number of nitrogens with one attached hydrogen (secondary N) is 2. The fourth-order valence-corrected chi connectivity index (χ4v) is 3.96. The maximum Gasteiger partial charge on any atom is 0.271 e. The van der Waals surface area contributed by atoms with Gasteiger partial charge in [0.2, 0.25) is 0 Å². The number of piperidine rings is 1. The lowest BCUT2D eigenvalue weighted by Crippen LogP contribution is -2.32. The summed E-state index contributed by atoms with van der Waals surface area (Å²) in [4.78, 5) is 12.2. The van der Waals surface area contributed by atoms with Gasteiger partial charge < -0.3 is 10.6 Å². The lowest BCUT2D eigenvalue weighted by Gasteiger charge is -2.22. The molecule has 3 rings (SSSR count). The first-order chi connectivity index (χ1) is 12.2. The van der Waals surface area contributed by atoms with E-state index in [0.717, 1.165) is 31.5 Å². The molecule has 1 fully saturated rings. The molecular formula is C18H25ClN4O2S. The van der Waals surface area contributed by atoms with Gasteiger partial charge in [0.25, 0.3) is 5.91 Å². The molecule has 1 saturated heterocycles. The Kier molecular flexibility index (Phi) is 8.28. The number of aromatic nitrogens is 2. The standard InChI is InChI=1S/C18H24N4O2S.ClH/c23-18(17-8-11-22(21-17)16-7-4-9-19-13-16)20-10-12-25(24)14-15-5-2-1-3-6-15;/h1-3,5-6,8,11,16,19H,4,7,9-10,12-14H2,(H,20,23);1H. The molecule has 2 aromatic rings. The number of hydrogen-bond donors (Lipinski definition) is 2. The minimum atomic E-state index is -0.991. The first-order valence-corrected chi connectivity index (χ1v) is 10.1. The second-order valence-corrected chi connectivity index (χ2v) is 7.79. The van der Waals surface area contributed by atoms with E-state index in [-0.39, 0.29) is 18.3 Å². The Morgan fingerprint density at radius 2 is 2.12 bits per heavy atom. The van der Waals surface area contributed by atoms with Crippen LogP contribution in [0.1, 0.15) is 34.9 Å². The Bertz CT molecular complexity index is 717. The first kappa shape index (κ1) is 20.6. The maximum atomic E-state index is 12.2. The summed E-state index contributed by atoms with van der Waals surface area (Å²) in [6.07, 6.45) is 4.06. The number of halogens is 1. The molecule has 26 heavy (non-hydrogen) atoms. The van der Waals surface area contributed by atoms with Crippen molar-refractivity contribution in [3.8, 4) is 0 Å². The number of carbonyl (C=O) groups is 1. The normalized spacial score (nSPS) is 17.9. The Balaban J connectivity index is 0.00000243. The van der Waals surface area contributed by atoms with Gasteiger partial charge in [-0.3, -0.25) is 13.7 Å². The summed E-state index contributed by atoms with van der Waals surface area (Å²) in [5.74, 6) is 0.743. The summed E-state index contributed by atoms with van der Waals surface area (Å²) in [7, 11) is -0.991. The third-order valence-corrected chi connectivity index (χ3v) is 5.59. The average Bonchev–Trinajstić information content (AvgIpc) is 3.13. The van der Waals surface area contributed by atoms with Crippen LogP contribution in [0.15, 0.2) is 42.6 Å². The van der Waals surface area contributed by atoms with Gasteiger partial charge in [-0.1, -0.05) is 30.3 Å². The monoisotopic (exact) mass is 396 g/mol. The van der Waals surface area contributed by atoms with Crippen LogP contribution in [0.3, 0.4) is 0 Å². The van der Waals surface area contributed by atoms with Gasteiger partial charge in [0.15, 0.2) is 0 Å². The van der Waals surface area contributed by atoms with E-state index in [9.17, 15) is 9.00 Å². The zero-order valence-electron chi connectivity index (χ0n) is 14.6. The lowest BCUT2D eigenvalue weighted by atomic mass is 10.1. The van der Waals surface area contributed by atoms with E-state index in [1.807, 2.05) is 41.2 Å². The molecule has 142 valence electrons. The highest BCUT2D eigenvalue weighted by molar-refractivity contribution is 7.84. The van der Waals surface area contributed by atoms with Crippen molar-refractivity contribution in [2.75, 3.05) is 25.4 Å². The van der Waals surface area contributed by atoms with Crippen LogP contribution in [-0.4, -0.2) is 45.3 Å². The summed E-state index contributed by atoms with van der Waals surface area (Å²) >= 11 is 0. The van der Waals surface area contributed by atoms with Crippen LogP contribution < -0.4 is 10.6 Å². The average molecular weight is 397 g/mol. The van der Waals surface area contributed by atoms with Crippen LogP contribution >= 0.6 is 12.4 Å². The smallest absolute Gasteiger partial charge is 0.271 e. The topological polar surface area (TPSA) is 76.0 Å². The quantitative estimate of drug-likeness (QED) is 0.749. The Hall–Kier alpha value is -1.70. The van der Waals surface area contributed by atoms with Crippen LogP contribution in [0, 0.1) is 0 Å². The van der Waals surface area contributed by atoms with Crippen molar-refractivity contribution in [3.63, 3.8) is 0 Å². The van der Waals surface area contributed by atoms with Gasteiger partial charge in [-0.05, 0) is 31.0 Å². The van der Waals surface area contributed by atoms with E-state index in [0.29, 0.717) is 29.8 Å². The highest BCUT2D eigenvalue weighted by Gasteiger charge is 2.17. The SMILES string of the molecule is Cl.O=C(NCCS(=O)Cc1ccccc1)c1ccn(C2CCCNC2)n1. The van der Waals surface area contributed by atoms with Gasteiger partial charge in [0.05, 0.1) is 6.04 Å². The summed E-state index contributed by atoms with van der Waals surface area (Å²) in [6, 6.07) is 11.8. The maximum absolute atomic E-state index is 12.2. The van der Waals surface area contributed by atoms with E-state index < -0.39 is 10.8 Å². The molecule has 0 aliphatic carbocycles. The zero-order valence-corrected chi connectivity index (χ0v) is 16.2. The van der Waals surface area contributed by atoms with Crippen molar-refractivity contribution in [1.82, 2.24) is 20.4 Å². The molecule has 0 radical (unpaired) electrons. The molecule has 1 aliphatic rings.